The van der Waals surface area contributed by atoms with Gasteiger partial charge in [0.2, 0.25) is 11.9 Å². The first-order valence-corrected chi connectivity index (χ1v) is 13.4. The first kappa shape index (κ1) is 25.8. The summed E-state index contributed by atoms with van der Waals surface area (Å²) in [6.45, 7) is 7.02. The molecule has 7 nitrogen and oxygen atoms in total. The summed E-state index contributed by atoms with van der Waals surface area (Å²) in [6.07, 6.45) is 8.31. The Hall–Kier alpha value is -2.81. The monoisotopic (exact) mass is 514 g/mol. The molecule has 3 aliphatic rings. The van der Waals surface area contributed by atoms with Crippen LogP contribution in [-0.4, -0.2) is 58.7 Å². The Morgan fingerprint density at radius 2 is 1.76 bits per heavy atom. The normalized spacial score (nSPS) is 22.1. The van der Waals surface area contributed by atoms with Gasteiger partial charge in [-0.2, -0.15) is 0 Å². The van der Waals surface area contributed by atoms with Crippen LogP contribution < -0.4 is 9.64 Å². The van der Waals surface area contributed by atoms with E-state index in [4.69, 9.17) is 4.74 Å². The zero-order valence-electron chi connectivity index (χ0n) is 21.6. The van der Waals surface area contributed by atoms with Crippen molar-refractivity contribution in [3.63, 3.8) is 0 Å². The van der Waals surface area contributed by atoms with Gasteiger partial charge in [-0.1, -0.05) is 0 Å². The van der Waals surface area contributed by atoms with Gasteiger partial charge in [-0.25, -0.2) is 18.7 Å². The summed E-state index contributed by atoms with van der Waals surface area (Å²) in [6, 6.07) is 2.39. The third-order valence-electron chi connectivity index (χ3n) is 8.16. The number of piperidine rings is 1. The van der Waals surface area contributed by atoms with Gasteiger partial charge < -0.3 is 19.6 Å². The van der Waals surface area contributed by atoms with Gasteiger partial charge in [-0.3, -0.25) is 4.79 Å². The second kappa shape index (κ2) is 10.5. The summed E-state index contributed by atoms with van der Waals surface area (Å²) in [5.74, 6) is 1.13. The molecule has 0 spiro atoms. The van der Waals surface area contributed by atoms with Crippen LogP contribution in [0.4, 0.5) is 14.7 Å². The van der Waals surface area contributed by atoms with Crippen LogP contribution in [0.5, 0.6) is 5.75 Å². The Morgan fingerprint density at radius 1 is 1.11 bits per heavy atom. The Kier molecular flexibility index (Phi) is 7.34. The van der Waals surface area contributed by atoms with Gasteiger partial charge in [0.1, 0.15) is 17.4 Å². The molecule has 200 valence electrons. The highest BCUT2D eigenvalue weighted by Crippen LogP contribution is 2.50. The van der Waals surface area contributed by atoms with Gasteiger partial charge in [0.25, 0.3) is 0 Å². The zero-order chi connectivity index (χ0) is 26.2. The average molecular weight is 515 g/mol. The van der Waals surface area contributed by atoms with Gasteiger partial charge in [0.15, 0.2) is 0 Å². The molecular weight excluding hydrogens is 478 g/mol. The first-order chi connectivity index (χ1) is 17.7. The van der Waals surface area contributed by atoms with E-state index < -0.39 is 17.2 Å². The number of ether oxygens (including phenoxy) is 1. The Bertz CT molecular complexity index is 1090. The fourth-order valence-electron chi connectivity index (χ4n) is 5.50. The minimum Gasteiger partial charge on any atom is -0.493 e. The minimum atomic E-state index is -0.948. The van der Waals surface area contributed by atoms with Gasteiger partial charge >= 0.3 is 0 Å². The van der Waals surface area contributed by atoms with Gasteiger partial charge in [0, 0.05) is 61.8 Å². The number of aliphatic hydroxyl groups is 1. The van der Waals surface area contributed by atoms with Gasteiger partial charge in [-0.05, 0) is 63.7 Å². The molecule has 1 aromatic heterocycles. The number of carbonyl (C=O) groups is 1. The van der Waals surface area contributed by atoms with Crippen molar-refractivity contribution >= 4 is 11.9 Å². The van der Waals surface area contributed by atoms with E-state index in [0.717, 1.165) is 38.8 Å². The lowest BCUT2D eigenvalue weighted by Crippen LogP contribution is -2.43. The molecule has 2 aliphatic heterocycles. The van der Waals surface area contributed by atoms with E-state index in [2.05, 4.69) is 14.9 Å². The molecule has 2 saturated heterocycles. The number of benzene rings is 1. The highest BCUT2D eigenvalue weighted by Gasteiger charge is 2.43. The number of hydrogen-bond acceptors (Lipinski definition) is 6. The number of halogens is 2. The van der Waals surface area contributed by atoms with E-state index in [0.29, 0.717) is 49.0 Å². The molecule has 5 rings (SSSR count). The van der Waals surface area contributed by atoms with Crippen molar-refractivity contribution in [2.45, 2.75) is 58.0 Å². The molecule has 2 atom stereocenters. The average Bonchev–Trinajstić information content (AvgIpc) is 3.59. The molecule has 1 saturated carbocycles. The molecule has 1 aliphatic carbocycles. The SMILES string of the molecule is CC(C)(O)c1cnc(N2CCC(C3CC3CCOc3cc(F)c(CC(=O)N4CCC4)c(F)c3)CC2)nc1. The molecule has 3 heterocycles. The molecule has 1 aromatic carbocycles. The second-order valence-corrected chi connectivity index (χ2v) is 11.2. The van der Waals surface area contributed by atoms with E-state index in [1.54, 1.807) is 31.1 Å². The fraction of sp³-hybridized carbons (Fsp3) is 0.607. The maximum absolute atomic E-state index is 14.5. The van der Waals surface area contributed by atoms with E-state index in [-0.39, 0.29) is 23.6 Å². The third kappa shape index (κ3) is 6.03. The summed E-state index contributed by atoms with van der Waals surface area (Å²) in [5, 5.41) is 10.1. The van der Waals surface area contributed by atoms with E-state index in [1.807, 2.05) is 0 Å². The number of likely N-dealkylation sites (tertiary alicyclic amines) is 1. The van der Waals surface area contributed by atoms with Crippen molar-refractivity contribution in [2.75, 3.05) is 37.7 Å². The van der Waals surface area contributed by atoms with E-state index in [9.17, 15) is 18.7 Å². The predicted octanol–water partition coefficient (Wildman–Crippen LogP) is 4.08. The van der Waals surface area contributed by atoms with Crippen molar-refractivity contribution in [3.8, 4) is 5.75 Å². The molecule has 1 amide bonds. The highest BCUT2D eigenvalue weighted by atomic mass is 19.1. The van der Waals surface area contributed by atoms with Crippen molar-refractivity contribution in [2.24, 2.45) is 17.8 Å². The van der Waals surface area contributed by atoms with E-state index >= 15 is 0 Å². The maximum atomic E-state index is 14.5. The molecule has 37 heavy (non-hydrogen) atoms. The predicted molar refractivity (Wildman–Crippen MR) is 135 cm³/mol. The summed E-state index contributed by atoms with van der Waals surface area (Å²) >= 11 is 0. The summed E-state index contributed by atoms with van der Waals surface area (Å²) in [5.41, 5.74) is -0.431. The van der Waals surface area contributed by atoms with Crippen molar-refractivity contribution < 1.29 is 23.4 Å². The molecule has 0 bridgehead atoms. The van der Waals surface area contributed by atoms with Crippen LogP contribution in [-0.2, 0) is 16.8 Å². The van der Waals surface area contributed by atoms with Crippen LogP contribution in [0.25, 0.3) is 0 Å². The number of anilines is 1. The zero-order valence-corrected chi connectivity index (χ0v) is 21.6. The minimum absolute atomic E-state index is 0.177. The van der Waals surface area contributed by atoms with Crippen LogP contribution in [0.3, 0.4) is 0 Å². The maximum Gasteiger partial charge on any atom is 0.227 e. The fourth-order valence-corrected chi connectivity index (χ4v) is 5.50. The Balaban J connectivity index is 1.04. The number of carbonyl (C=O) groups excluding carboxylic acids is 1. The van der Waals surface area contributed by atoms with Crippen LogP contribution in [0.2, 0.25) is 0 Å². The lowest BCUT2D eigenvalue weighted by molar-refractivity contribution is -0.133. The number of amides is 1. The number of hydrogen-bond donors (Lipinski definition) is 1. The summed E-state index contributed by atoms with van der Waals surface area (Å²) in [4.78, 5) is 24.8. The Morgan fingerprint density at radius 3 is 2.32 bits per heavy atom. The molecule has 2 aromatic rings. The number of nitrogens with zero attached hydrogens (tertiary/aromatic N) is 4. The largest absolute Gasteiger partial charge is 0.493 e. The van der Waals surface area contributed by atoms with Crippen LogP contribution >= 0.6 is 0 Å². The number of aromatic nitrogens is 2. The molecule has 9 heteroatoms. The van der Waals surface area contributed by atoms with Crippen LogP contribution in [0.15, 0.2) is 24.5 Å². The first-order valence-electron chi connectivity index (χ1n) is 13.4. The van der Waals surface area contributed by atoms with Gasteiger partial charge in [-0.15, -0.1) is 0 Å². The summed E-state index contributed by atoms with van der Waals surface area (Å²) in [7, 11) is 0. The van der Waals surface area contributed by atoms with Crippen molar-refractivity contribution in [3.05, 3.63) is 47.3 Å². The molecule has 3 fully saturated rings. The summed E-state index contributed by atoms with van der Waals surface area (Å²) < 4.78 is 34.6. The van der Waals surface area contributed by atoms with Gasteiger partial charge in [0.05, 0.1) is 18.6 Å². The third-order valence-corrected chi connectivity index (χ3v) is 8.16. The topological polar surface area (TPSA) is 78.8 Å². The standard InChI is InChI=1S/C28H36F2N4O3/c1-28(2,36)20-16-31-27(32-17-20)34-9-4-18(5-10-34)22-12-19(22)6-11-37-21-13-24(29)23(25(30)14-21)15-26(35)33-7-3-8-33/h13-14,16-19,22,36H,3-12,15H2,1-2H3. The Labute approximate surface area is 216 Å². The molecule has 0 radical (unpaired) electrons. The smallest absolute Gasteiger partial charge is 0.227 e. The lowest BCUT2D eigenvalue weighted by Gasteiger charge is -2.32. The van der Waals surface area contributed by atoms with Crippen LogP contribution in [0.1, 0.15) is 57.1 Å². The van der Waals surface area contributed by atoms with Crippen molar-refractivity contribution in [1.29, 1.82) is 0 Å². The molecule has 1 N–H and O–H groups in total. The van der Waals surface area contributed by atoms with E-state index in [1.165, 1.54) is 18.6 Å². The number of rotatable bonds is 9. The molecule has 2 unspecified atom stereocenters. The second-order valence-electron chi connectivity index (χ2n) is 11.2. The quantitative estimate of drug-likeness (QED) is 0.543. The van der Waals surface area contributed by atoms with Crippen LogP contribution in [0, 0.1) is 29.4 Å². The van der Waals surface area contributed by atoms with Crippen molar-refractivity contribution in [1.82, 2.24) is 14.9 Å². The lowest BCUT2D eigenvalue weighted by atomic mass is 9.90. The highest BCUT2D eigenvalue weighted by molar-refractivity contribution is 5.79. The molecular formula is C28H36F2N4O3.